The van der Waals surface area contributed by atoms with Crippen LogP contribution in [-0.4, -0.2) is 46.7 Å². The summed E-state index contributed by atoms with van der Waals surface area (Å²) < 4.78 is 0. The molecule has 8 heteroatoms. The maximum absolute atomic E-state index is 13.0. The summed E-state index contributed by atoms with van der Waals surface area (Å²) in [7, 11) is 0. The first kappa shape index (κ1) is 20.6. The molecule has 8 nitrogen and oxygen atoms in total. The average molecular weight is 434 g/mol. The van der Waals surface area contributed by atoms with Gasteiger partial charge in [-0.05, 0) is 61.7 Å². The number of piperidine rings is 2. The predicted octanol–water partition coefficient (Wildman–Crippen LogP) is 1.92. The summed E-state index contributed by atoms with van der Waals surface area (Å²) in [5.74, 6) is -0.308. The van der Waals surface area contributed by atoms with Gasteiger partial charge in [0, 0.05) is 48.6 Å². The molecule has 3 amide bonds. The van der Waals surface area contributed by atoms with E-state index in [0.717, 1.165) is 48.4 Å². The Morgan fingerprint density at radius 1 is 1.06 bits per heavy atom. The first-order chi connectivity index (χ1) is 15.6. The molecule has 1 aromatic heterocycles. The van der Waals surface area contributed by atoms with Gasteiger partial charge in [0.25, 0.3) is 5.91 Å². The first-order valence-electron chi connectivity index (χ1n) is 11.3. The third kappa shape index (κ3) is 4.10. The summed E-state index contributed by atoms with van der Waals surface area (Å²) in [5, 5.41) is 9.18. The van der Waals surface area contributed by atoms with Crippen LogP contribution in [0.25, 0.3) is 0 Å². The van der Waals surface area contributed by atoms with Crippen LogP contribution in [0.5, 0.6) is 0 Å². The number of pyridine rings is 1. The van der Waals surface area contributed by atoms with E-state index < -0.39 is 6.04 Å². The van der Waals surface area contributed by atoms with Crippen LogP contribution >= 0.6 is 0 Å². The molecule has 1 unspecified atom stereocenters. The minimum Gasteiger partial charge on any atom is -0.381 e. The summed E-state index contributed by atoms with van der Waals surface area (Å²) in [6.07, 6.45) is 4.70. The van der Waals surface area contributed by atoms with E-state index in [0.29, 0.717) is 31.0 Å². The molecule has 3 aliphatic rings. The molecule has 0 saturated carbocycles. The van der Waals surface area contributed by atoms with E-state index in [2.05, 4.69) is 27.0 Å². The Morgan fingerprint density at radius 2 is 1.91 bits per heavy atom. The number of hydrogen-bond acceptors (Lipinski definition) is 6. The molecule has 0 bridgehead atoms. The van der Waals surface area contributed by atoms with Gasteiger partial charge in [0.15, 0.2) is 0 Å². The number of imide groups is 1. The number of benzene rings is 1. The Bertz CT molecular complexity index is 1060. The fourth-order valence-electron chi connectivity index (χ4n) is 4.82. The fraction of sp³-hybridized carbons (Fsp3) is 0.417. The fourth-order valence-corrected chi connectivity index (χ4v) is 4.82. The highest BCUT2D eigenvalue weighted by molar-refractivity contribution is 6.05. The molecule has 2 fully saturated rings. The monoisotopic (exact) mass is 433 g/mol. The zero-order valence-corrected chi connectivity index (χ0v) is 17.9. The van der Waals surface area contributed by atoms with E-state index in [-0.39, 0.29) is 24.1 Å². The zero-order valence-electron chi connectivity index (χ0n) is 17.9. The Balaban J connectivity index is 1.25. The maximum Gasteiger partial charge on any atom is 0.255 e. The van der Waals surface area contributed by atoms with Crippen molar-refractivity contribution in [2.45, 2.75) is 50.7 Å². The maximum atomic E-state index is 13.0. The number of rotatable bonds is 5. The molecule has 0 radical (unpaired) electrons. The van der Waals surface area contributed by atoms with Crippen molar-refractivity contribution in [2.75, 3.05) is 18.4 Å². The van der Waals surface area contributed by atoms with E-state index in [4.69, 9.17) is 0 Å². The van der Waals surface area contributed by atoms with Crippen LogP contribution < -0.4 is 16.0 Å². The quantitative estimate of drug-likeness (QED) is 0.623. The predicted molar refractivity (Wildman–Crippen MR) is 119 cm³/mol. The third-order valence-corrected chi connectivity index (χ3v) is 6.63. The van der Waals surface area contributed by atoms with Gasteiger partial charge in [0.2, 0.25) is 11.8 Å². The van der Waals surface area contributed by atoms with Gasteiger partial charge in [-0.25, -0.2) is 0 Å². The number of nitrogens with zero attached hydrogens (tertiary/aromatic N) is 2. The summed E-state index contributed by atoms with van der Waals surface area (Å²) >= 11 is 0. The molecule has 1 atom stereocenters. The van der Waals surface area contributed by atoms with Crippen LogP contribution in [0.15, 0.2) is 36.5 Å². The molecule has 3 aliphatic heterocycles. The molecule has 0 spiro atoms. The van der Waals surface area contributed by atoms with Crippen LogP contribution in [0.3, 0.4) is 0 Å². The molecular weight excluding hydrogens is 406 g/mol. The molecular formula is C24H27N5O3. The minimum atomic E-state index is -0.584. The number of hydrogen-bond donors (Lipinski definition) is 3. The van der Waals surface area contributed by atoms with Crippen molar-refractivity contribution in [1.29, 1.82) is 0 Å². The molecule has 5 rings (SSSR count). The lowest BCUT2D eigenvalue weighted by Crippen LogP contribution is -2.52. The van der Waals surface area contributed by atoms with Crippen molar-refractivity contribution in [3.63, 3.8) is 0 Å². The second-order valence-corrected chi connectivity index (χ2v) is 8.74. The SMILES string of the molecule is O=C1CCC(N2Cc3ccc(CNc4ccnc(C5CCNCC5)c4)cc3C2=O)C(=O)N1. The molecule has 4 heterocycles. The van der Waals surface area contributed by atoms with E-state index in [1.54, 1.807) is 4.90 Å². The van der Waals surface area contributed by atoms with Gasteiger partial charge in [-0.15, -0.1) is 0 Å². The van der Waals surface area contributed by atoms with E-state index >= 15 is 0 Å². The van der Waals surface area contributed by atoms with Gasteiger partial charge in [0.05, 0.1) is 0 Å². The second kappa shape index (κ2) is 8.70. The van der Waals surface area contributed by atoms with Crippen molar-refractivity contribution < 1.29 is 14.4 Å². The van der Waals surface area contributed by atoms with Gasteiger partial charge in [-0.3, -0.25) is 24.7 Å². The van der Waals surface area contributed by atoms with Gasteiger partial charge < -0.3 is 15.5 Å². The highest BCUT2D eigenvalue weighted by Crippen LogP contribution is 2.29. The van der Waals surface area contributed by atoms with Gasteiger partial charge in [-0.1, -0.05) is 12.1 Å². The molecule has 0 aliphatic carbocycles. The van der Waals surface area contributed by atoms with Crippen LogP contribution in [0.1, 0.15) is 58.8 Å². The van der Waals surface area contributed by atoms with Crippen molar-refractivity contribution in [3.05, 3.63) is 58.9 Å². The number of carbonyl (C=O) groups is 3. The lowest BCUT2D eigenvalue weighted by molar-refractivity contribution is -0.136. The van der Waals surface area contributed by atoms with Crippen molar-refractivity contribution in [2.24, 2.45) is 0 Å². The van der Waals surface area contributed by atoms with Crippen LogP contribution in [0.4, 0.5) is 5.69 Å². The number of anilines is 1. The molecule has 2 saturated heterocycles. The Kier molecular flexibility index (Phi) is 5.61. The highest BCUT2D eigenvalue weighted by Gasteiger charge is 2.39. The molecule has 2 aromatic rings. The van der Waals surface area contributed by atoms with Gasteiger partial charge >= 0.3 is 0 Å². The van der Waals surface area contributed by atoms with Crippen LogP contribution in [-0.2, 0) is 22.7 Å². The van der Waals surface area contributed by atoms with Gasteiger partial charge in [0.1, 0.15) is 6.04 Å². The number of carbonyl (C=O) groups excluding carboxylic acids is 3. The summed E-state index contributed by atoms with van der Waals surface area (Å²) in [6.45, 7) is 3.05. The van der Waals surface area contributed by atoms with Crippen molar-refractivity contribution in [1.82, 2.24) is 20.5 Å². The normalized spacial score (nSPS) is 21.4. The largest absolute Gasteiger partial charge is 0.381 e. The molecule has 32 heavy (non-hydrogen) atoms. The Hall–Kier alpha value is -3.26. The third-order valence-electron chi connectivity index (χ3n) is 6.63. The lowest BCUT2D eigenvalue weighted by Gasteiger charge is -2.29. The van der Waals surface area contributed by atoms with Crippen LogP contribution in [0.2, 0.25) is 0 Å². The van der Waals surface area contributed by atoms with E-state index in [1.807, 2.05) is 30.5 Å². The summed E-state index contributed by atoms with van der Waals surface area (Å²) in [4.78, 5) is 42.8. The summed E-state index contributed by atoms with van der Waals surface area (Å²) in [6, 6.07) is 9.39. The second-order valence-electron chi connectivity index (χ2n) is 8.74. The van der Waals surface area contributed by atoms with Crippen molar-refractivity contribution >= 4 is 23.4 Å². The number of amides is 3. The molecule has 1 aromatic carbocycles. The Labute approximate surface area is 186 Å². The number of aromatic nitrogens is 1. The Morgan fingerprint density at radius 3 is 2.72 bits per heavy atom. The number of nitrogens with one attached hydrogen (secondary N) is 3. The minimum absolute atomic E-state index is 0.145. The standard InChI is InChI=1S/C24H27N5O3/c30-22-4-3-21(23(31)28-22)29-14-17-2-1-15(11-19(17)24(29)32)13-27-18-7-10-26-20(12-18)16-5-8-25-9-6-16/h1-2,7,10-12,16,21,25H,3-6,8-9,13-14H2,(H,26,27)(H,28,30,31). The number of fused-ring (bicyclic) bond motifs is 1. The molecule has 166 valence electrons. The topological polar surface area (TPSA) is 103 Å². The highest BCUT2D eigenvalue weighted by atomic mass is 16.2. The van der Waals surface area contributed by atoms with Gasteiger partial charge in [-0.2, -0.15) is 0 Å². The summed E-state index contributed by atoms with van der Waals surface area (Å²) in [5.41, 5.74) is 4.70. The van der Waals surface area contributed by atoms with E-state index in [9.17, 15) is 14.4 Å². The van der Waals surface area contributed by atoms with Crippen molar-refractivity contribution in [3.8, 4) is 0 Å². The zero-order chi connectivity index (χ0) is 22.1. The van der Waals surface area contributed by atoms with E-state index in [1.165, 1.54) is 0 Å². The van der Waals surface area contributed by atoms with Crippen LogP contribution in [0, 0.1) is 0 Å². The first-order valence-corrected chi connectivity index (χ1v) is 11.3. The lowest BCUT2D eigenvalue weighted by atomic mass is 9.94. The average Bonchev–Trinajstić information content (AvgIpc) is 3.14. The smallest absolute Gasteiger partial charge is 0.255 e. The molecule has 3 N–H and O–H groups in total.